The molecule has 19 heavy (non-hydrogen) atoms. The van der Waals surface area contributed by atoms with Gasteiger partial charge in [0.05, 0.1) is 6.61 Å². The Labute approximate surface area is 113 Å². The summed E-state index contributed by atoms with van der Waals surface area (Å²) < 4.78 is 10.1. The van der Waals surface area contributed by atoms with E-state index in [9.17, 15) is 14.4 Å². The number of hydrogen-bond acceptors (Lipinski definition) is 5. The first kappa shape index (κ1) is 15.5. The molecular weight excluding hydrogens is 250 g/mol. The Hall–Kier alpha value is -1.59. The highest BCUT2D eigenvalue weighted by Crippen LogP contribution is 2.29. The summed E-state index contributed by atoms with van der Waals surface area (Å²) in [5.74, 6) is -1.03. The van der Waals surface area contributed by atoms with Crippen molar-refractivity contribution in [1.82, 2.24) is 4.90 Å². The molecule has 0 aromatic carbocycles. The van der Waals surface area contributed by atoms with Crippen LogP contribution >= 0.6 is 0 Å². The summed E-state index contributed by atoms with van der Waals surface area (Å²) in [6.45, 7) is 8.56. The monoisotopic (exact) mass is 271 g/mol. The summed E-state index contributed by atoms with van der Waals surface area (Å²) in [5.41, 5.74) is -2.25. The van der Waals surface area contributed by atoms with Gasteiger partial charge in [-0.1, -0.05) is 0 Å². The Balaban J connectivity index is 2.97. The first-order chi connectivity index (χ1) is 8.63. The van der Waals surface area contributed by atoms with Crippen molar-refractivity contribution in [3.05, 3.63) is 0 Å². The van der Waals surface area contributed by atoms with Crippen molar-refractivity contribution in [2.45, 2.75) is 52.2 Å². The number of carbonyl (C=O) groups excluding carboxylic acids is 3. The van der Waals surface area contributed by atoms with Gasteiger partial charge in [-0.15, -0.1) is 0 Å². The van der Waals surface area contributed by atoms with Gasteiger partial charge in [0.1, 0.15) is 5.60 Å². The SMILES string of the molecule is CCOC(=O)C1(C)C(=O)CCN1C(=O)OC(C)(C)C. The Morgan fingerprint density at radius 3 is 2.42 bits per heavy atom. The molecule has 0 aliphatic carbocycles. The normalized spacial score (nSPS) is 23.4. The molecule has 0 N–H and O–H groups in total. The molecule has 1 amide bonds. The Bertz CT molecular complexity index is 398. The van der Waals surface area contributed by atoms with E-state index in [1.54, 1.807) is 27.7 Å². The maximum absolute atomic E-state index is 12.1. The molecule has 6 nitrogen and oxygen atoms in total. The first-order valence-corrected chi connectivity index (χ1v) is 6.34. The third-order valence-electron chi connectivity index (χ3n) is 2.93. The summed E-state index contributed by atoms with van der Waals surface area (Å²) in [6.07, 6.45) is -0.539. The lowest BCUT2D eigenvalue weighted by Crippen LogP contribution is -2.56. The smallest absolute Gasteiger partial charge is 0.411 e. The highest BCUT2D eigenvalue weighted by molar-refractivity contribution is 6.11. The minimum Gasteiger partial charge on any atom is -0.464 e. The zero-order valence-corrected chi connectivity index (χ0v) is 12.1. The zero-order chi connectivity index (χ0) is 14.8. The highest BCUT2D eigenvalue weighted by Gasteiger charge is 2.54. The number of carbonyl (C=O) groups is 3. The van der Waals surface area contributed by atoms with Gasteiger partial charge in [0.2, 0.25) is 0 Å². The predicted octanol–water partition coefficient (Wildman–Crippen LogP) is 1.52. The van der Waals surface area contributed by atoms with Crippen molar-refractivity contribution in [3.63, 3.8) is 0 Å². The topological polar surface area (TPSA) is 72.9 Å². The molecule has 0 aromatic heterocycles. The average molecular weight is 271 g/mol. The fraction of sp³-hybridized carbons (Fsp3) is 0.769. The minimum atomic E-state index is -1.57. The van der Waals surface area contributed by atoms with Gasteiger partial charge in [-0.05, 0) is 34.6 Å². The summed E-state index contributed by atoms with van der Waals surface area (Å²) in [5, 5.41) is 0. The van der Waals surface area contributed by atoms with Crippen LogP contribution in [-0.2, 0) is 19.1 Å². The fourth-order valence-corrected chi connectivity index (χ4v) is 1.92. The van der Waals surface area contributed by atoms with Gasteiger partial charge in [-0.25, -0.2) is 9.59 Å². The maximum Gasteiger partial charge on any atom is 0.411 e. The second-order valence-electron chi connectivity index (χ2n) is 5.60. The number of ether oxygens (including phenoxy) is 2. The Morgan fingerprint density at radius 2 is 1.95 bits per heavy atom. The predicted molar refractivity (Wildman–Crippen MR) is 67.6 cm³/mol. The molecule has 0 saturated carbocycles. The minimum absolute atomic E-state index is 0.133. The molecule has 1 aliphatic rings. The molecule has 0 spiro atoms. The number of nitrogens with zero attached hydrogens (tertiary/aromatic N) is 1. The van der Waals surface area contributed by atoms with Crippen LogP contribution in [0.25, 0.3) is 0 Å². The van der Waals surface area contributed by atoms with Crippen LogP contribution in [0.1, 0.15) is 41.0 Å². The number of likely N-dealkylation sites (tertiary alicyclic amines) is 1. The second kappa shape index (κ2) is 5.19. The van der Waals surface area contributed by atoms with Crippen LogP contribution in [0.2, 0.25) is 0 Å². The molecule has 0 bridgehead atoms. The van der Waals surface area contributed by atoms with E-state index in [-0.39, 0.29) is 25.4 Å². The summed E-state index contributed by atoms with van der Waals surface area (Å²) >= 11 is 0. The van der Waals surface area contributed by atoms with E-state index in [0.29, 0.717) is 0 Å². The van der Waals surface area contributed by atoms with Crippen LogP contribution in [-0.4, -0.2) is 47.0 Å². The molecule has 1 fully saturated rings. The molecule has 6 heteroatoms. The van der Waals surface area contributed by atoms with Gasteiger partial charge >= 0.3 is 12.1 Å². The molecule has 1 aliphatic heterocycles. The van der Waals surface area contributed by atoms with Crippen molar-refractivity contribution >= 4 is 17.8 Å². The zero-order valence-electron chi connectivity index (χ0n) is 12.1. The number of hydrogen-bond donors (Lipinski definition) is 0. The molecule has 0 aromatic rings. The first-order valence-electron chi connectivity index (χ1n) is 6.34. The third-order valence-corrected chi connectivity index (χ3v) is 2.93. The lowest BCUT2D eigenvalue weighted by molar-refractivity contribution is -0.157. The van der Waals surface area contributed by atoms with E-state index in [0.717, 1.165) is 4.90 Å². The van der Waals surface area contributed by atoms with E-state index < -0.39 is 23.2 Å². The molecule has 1 atom stereocenters. The number of ketones is 1. The Kier molecular flexibility index (Phi) is 4.22. The second-order valence-corrected chi connectivity index (χ2v) is 5.60. The molecule has 0 radical (unpaired) electrons. The highest BCUT2D eigenvalue weighted by atomic mass is 16.6. The maximum atomic E-state index is 12.1. The lowest BCUT2D eigenvalue weighted by atomic mass is 9.98. The van der Waals surface area contributed by atoms with E-state index in [1.807, 2.05) is 0 Å². The molecule has 1 heterocycles. The van der Waals surface area contributed by atoms with Crippen molar-refractivity contribution in [2.24, 2.45) is 0 Å². The molecule has 108 valence electrons. The van der Waals surface area contributed by atoms with Gasteiger partial charge < -0.3 is 9.47 Å². The van der Waals surface area contributed by atoms with Crippen LogP contribution in [0.5, 0.6) is 0 Å². The van der Waals surface area contributed by atoms with Gasteiger partial charge in [0, 0.05) is 13.0 Å². The summed E-state index contributed by atoms with van der Waals surface area (Å²) in [6, 6.07) is 0. The molecular formula is C13H21NO5. The number of Topliss-reactive ketones (excluding diaryl/α,β-unsaturated/α-hetero) is 1. The van der Waals surface area contributed by atoms with Crippen LogP contribution in [0.15, 0.2) is 0 Å². The molecule has 1 unspecified atom stereocenters. The quantitative estimate of drug-likeness (QED) is 0.562. The molecule has 1 saturated heterocycles. The van der Waals surface area contributed by atoms with E-state index in [1.165, 1.54) is 6.92 Å². The van der Waals surface area contributed by atoms with Crippen molar-refractivity contribution < 1.29 is 23.9 Å². The van der Waals surface area contributed by atoms with Crippen molar-refractivity contribution in [3.8, 4) is 0 Å². The van der Waals surface area contributed by atoms with Gasteiger partial charge in [-0.2, -0.15) is 0 Å². The van der Waals surface area contributed by atoms with Crippen molar-refractivity contribution in [1.29, 1.82) is 0 Å². The van der Waals surface area contributed by atoms with Gasteiger partial charge in [0.25, 0.3) is 0 Å². The van der Waals surface area contributed by atoms with Crippen LogP contribution in [0.4, 0.5) is 4.79 Å². The number of rotatable bonds is 2. The van der Waals surface area contributed by atoms with Crippen LogP contribution < -0.4 is 0 Å². The van der Waals surface area contributed by atoms with Crippen molar-refractivity contribution in [2.75, 3.05) is 13.2 Å². The summed E-state index contributed by atoms with van der Waals surface area (Å²) in [7, 11) is 0. The van der Waals surface area contributed by atoms with E-state index in [4.69, 9.17) is 9.47 Å². The van der Waals surface area contributed by atoms with Crippen LogP contribution in [0.3, 0.4) is 0 Å². The lowest BCUT2D eigenvalue weighted by Gasteiger charge is -2.32. The van der Waals surface area contributed by atoms with Crippen LogP contribution in [0, 0.1) is 0 Å². The van der Waals surface area contributed by atoms with E-state index in [2.05, 4.69) is 0 Å². The number of esters is 1. The summed E-state index contributed by atoms with van der Waals surface area (Å²) in [4.78, 5) is 37.1. The number of amides is 1. The average Bonchev–Trinajstić information content (AvgIpc) is 2.55. The largest absolute Gasteiger partial charge is 0.464 e. The fourth-order valence-electron chi connectivity index (χ4n) is 1.92. The third kappa shape index (κ3) is 3.05. The molecule has 1 rings (SSSR count). The van der Waals surface area contributed by atoms with Gasteiger partial charge in [-0.3, -0.25) is 9.69 Å². The standard InChI is InChI=1S/C13H21NO5/c1-6-18-10(16)13(5)9(15)7-8-14(13)11(17)19-12(2,3)4/h6-8H2,1-5H3. The Morgan fingerprint density at radius 1 is 1.37 bits per heavy atom. The van der Waals surface area contributed by atoms with Gasteiger partial charge in [0.15, 0.2) is 11.3 Å². The van der Waals surface area contributed by atoms with E-state index >= 15 is 0 Å².